The van der Waals surface area contributed by atoms with E-state index in [0.29, 0.717) is 12.0 Å². The molecule has 1 aromatic rings. The molecule has 2 heterocycles. The van der Waals surface area contributed by atoms with E-state index in [2.05, 4.69) is 44.2 Å². The monoisotopic (exact) mass is 273 g/mol. The van der Waals surface area contributed by atoms with E-state index in [1.54, 1.807) is 11.3 Å². The molecule has 3 nitrogen and oxygen atoms in total. The van der Waals surface area contributed by atoms with Crippen LogP contribution in [-0.2, 0) is 0 Å². The highest BCUT2D eigenvalue weighted by atomic mass is 79.9. The number of hydrogen-bond acceptors (Lipinski definition) is 4. The Hall–Kier alpha value is -0.550. The number of halogens is 1. The van der Waals surface area contributed by atoms with Crippen molar-refractivity contribution in [3.63, 3.8) is 0 Å². The molecule has 1 unspecified atom stereocenters. The lowest BCUT2D eigenvalue weighted by atomic mass is 10.2. The van der Waals surface area contributed by atoms with Gasteiger partial charge in [0.05, 0.1) is 12.6 Å². The lowest BCUT2D eigenvalue weighted by Gasteiger charge is -2.23. The van der Waals surface area contributed by atoms with Crippen molar-refractivity contribution in [3.05, 3.63) is 20.8 Å². The average molecular weight is 274 g/mol. The summed E-state index contributed by atoms with van der Waals surface area (Å²) in [6, 6.07) is 2.49. The van der Waals surface area contributed by atoms with Gasteiger partial charge in [0, 0.05) is 21.3 Å². The molecule has 1 aliphatic heterocycles. The second kappa shape index (κ2) is 3.90. The summed E-state index contributed by atoms with van der Waals surface area (Å²) in [5, 5.41) is 2.09. The molecule has 0 aromatic carbocycles. The van der Waals surface area contributed by atoms with Crippen LogP contribution in [0.1, 0.15) is 17.8 Å². The molecular weight excluding hydrogens is 262 g/mol. The molecule has 76 valence electrons. The highest BCUT2D eigenvalue weighted by molar-refractivity contribution is 9.10. The summed E-state index contributed by atoms with van der Waals surface area (Å²) in [6.07, 6.45) is 0. The molecule has 14 heavy (non-hydrogen) atoms. The zero-order chi connectivity index (χ0) is 10.1. The van der Waals surface area contributed by atoms with Crippen molar-refractivity contribution >= 4 is 33.2 Å². The van der Waals surface area contributed by atoms with Crippen LogP contribution in [-0.4, -0.2) is 23.9 Å². The Bertz CT molecular complexity index is 361. The van der Waals surface area contributed by atoms with Gasteiger partial charge in [-0.15, -0.1) is 11.3 Å². The van der Waals surface area contributed by atoms with Gasteiger partial charge in [-0.05, 0) is 28.9 Å². The van der Waals surface area contributed by atoms with Crippen LogP contribution in [0.3, 0.4) is 0 Å². The number of thiophene rings is 1. The minimum Gasteiger partial charge on any atom is -0.370 e. The summed E-state index contributed by atoms with van der Waals surface area (Å²) < 4.78 is 1.14. The summed E-state index contributed by atoms with van der Waals surface area (Å²) in [6.45, 7) is 3.80. The van der Waals surface area contributed by atoms with Gasteiger partial charge in [0.2, 0.25) is 0 Å². The van der Waals surface area contributed by atoms with Crippen LogP contribution in [0.5, 0.6) is 0 Å². The number of hydrogen-bond donors (Lipinski definition) is 1. The summed E-state index contributed by atoms with van der Waals surface area (Å²) in [5.74, 6) is 0.669. The fourth-order valence-corrected chi connectivity index (χ4v) is 3.21. The first-order chi connectivity index (χ1) is 6.72. The standard InChI is InChI=1S/C9H12BrN3S/c1-2-13-7(4-12-9(13)11)8-3-6(10)5-14-8/h3,5,7H,2,4H2,1H3,(H2,11,12). The number of likely N-dealkylation sites (N-methyl/N-ethyl adjacent to an activating group) is 1. The minimum absolute atomic E-state index is 0.344. The van der Waals surface area contributed by atoms with E-state index in [-0.39, 0.29) is 0 Å². The van der Waals surface area contributed by atoms with Crippen LogP contribution in [0.4, 0.5) is 0 Å². The molecule has 0 aliphatic carbocycles. The Labute approximate surface area is 95.8 Å². The Balaban J connectivity index is 2.21. The molecule has 5 heteroatoms. The van der Waals surface area contributed by atoms with Crippen LogP contribution >= 0.6 is 27.3 Å². The molecule has 1 aromatic heterocycles. The molecule has 0 amide bonds. The van der Waals surface area contributed by atoms with Crippen molar-refractivity contribution in [2.75, 3.05) is 13.1 Å². The molecule has 0 fully saturated rings. The lowest BCUT2D eigenvalue weighted by Crippen LogP contribution is -2.35. The molecule has 0 bridgehead atoms. The maximum absolute atomic E-state index is 5.79. The van der Waals surface area contributed by atoms with E-state index in [4.69, 9.17) is 5.73 Å². The predicted molar refractivity (Wildman–Crippen MR) is 63.6 cm³/mol. The first-order valence-corrected chi connectivity index (χ1v) is 6.20. The van der Waals surface area contributed by atoms with E-state index in [1.165, 1.54) is 4.88 Å². The fraction of sp³-hybridized carbons (Fsp3) is 0.444. The van der Waals surface area contributed by atoms with E-state index in [1.807, 2.05) is 0 Å². The third-order valence-electron chi connectivity index (χ3n) is 2.35. The summed E-state index contributed by atoms with van der Waals surface area (Å²) in [5.41, 5.74) is 5.79. The van der Waals surface area contributed by atoms with E-state index >= 15 is 0 Å². The van der Waals surface area contributed by atoms with E-state index < -0.39 is 0 Å². The van der Waals surface area contributed by atoms with Crippen molar-refractivity contribution in [1.82, 2.24) is 4.90 Å². The van der Waals surface area contributed by atoms with Gasteiger partial charge in [-0.1, -0.05) is 0 Å². The Morgan fingerprint density at radius 1 is 1.79 bits per heavy atom. The van der Waals surface area contributed by atoms with Crippen molar-refractivity contribution < 1.29 is 0 Å². The summed E-state index contributed by atoms with van der Waals surface area (Å²) in [4.78, 5) is 7.73. The SMILES string of the molecule is CCN1C(N)=NCC1c1cc(Br)cs1. The molecule has 2 rings (SSSR count). The van der Waals surface area contributed by atoms with Crippen molar-refractivity contribution in [1.29, 1.82) is 0 Å². The highest BCUT2D eigenvalue weighted by Crippen LogP contribution is 2.31. The largest absolute Gasteiger partial charge is 0.370 e. The second-order valence-electron chi connectivity index (χ2n) is 3.17. The highest BCUT2D eigenvalue weighted by Gasteiger charge is 2.26. The third-order valence-corrected chi connectivity index (χ3v) is 4.15. The van der Waals surface area contributed by atoms with Crippen molar-refractivity contribution in [2.45, 2.75) is 13.0 Å². The predicted octanol–water partition coefficient (Wildman–Crippen LogP) is 2.20. The second-order valence-corrected chi connectivity index (χ2v) is 5.03. The van der Waals surface area contributed by atoms with Crippen molar-refractivity contribution in [3.8, 4) is 0 Å². The fourth-order valence-electron chi connectivity index (χ4n) is 1.66. The van der Waals surface area contributed by atoms with Gasteiger partial charge in [0.15, 0.2) is 5.96 Å². The van der Waals surface area contributed by atoms with Gasteiger partial charge < -0.3 is 10.6 Å². The number of aliphatic imine (C=N–C) groups is 1. The minimum atomic E-state index is 0.344. The third kappa shape index (κ3) is 1.66. The summed E-state index contributed by atoms with van der Waals surface area (Å²) in [7, 11) is 0. The lowest BCUT2D eigenvalue weighted by molar-refractivity contribution is 0.369. The number of rotatable bonds is 2. The van der Waals surface area contributed by atoms with Crippen LogP contribution in [0.2, 0.25) is 0 Å². The van der Waals surface area contributed by atoms with Gasteiger partial charge in [-0.25, -0.2) is 0 Å². The Morgan fingerprint density at radius 3 is 3.14 bits per heavy atom. The Kier molecular flexibility index (Phi) is 2.78. The van der Waals surface area contributed by atoms with Gasteiger partial charge in [-0.2, -0.15) is 0 Å². The zero-order valence-corrected chi connectivity index (χ0v) is 10.3. The van der Waals surface area contributed by atoms with Crippen LogP contribution < -0.4 is 5.73 Å². The molecular formula is C9H12BrN3S. The van der Waals surface area contributed by atoms with E-state index in [0.717, 1.165) is 17.6 Å². The molecule has 0 saturated heterocycles. The molecule has 0 saturated carbocycles. The smallest absolute Gasteiger partial charge is 0.191 e. The normalized spacial score (nSPS) is 21.4. The molecule has 2 N–H and O–H groups in total. The molecule has 1 aliphatic rings. The zero-order valence-electron chi connectivity index (χ0n) is 7.90. The maximum atomic E-state index is 5.79. The number of nitrogens with zero attached hydrogens (tertiary/aromatic N) is 2. The first kappa shape index (κ1) is 9.98. The van der Waals surface area contributed by atoms with Crippen molar-refractivity contribution in [2.24, 2.45) is 10.7 Å². The quantitative estimate of drug-likeness (QED) is 0.898. The van der Waals surface area contributed by atoms with Crippen LogP contribution in [0.15, 0.2) is 20.9 Å². The average Bonchev–Trinajstić information content (AvgIpc) is 2.71. The number of guanidine groups is 1. The maximum Gasteiger partial charge on any atom is 0.191 e. The van der Waals surface area contributed by atoms with Gasteiger partial charge >= 0.3 is 0 Å². The van der Waals surface area contributed by atoms with Gasteiger partial charge in [0.25, 0.3) is 0 Å². The van der Waals surface area contributed by atoms with Crippen LogP contribution in [0.25, 0.3) is 0 Å². The summed E-state index contributed by atoms with van der Waals surface area (Å²) >= 11 is 5.21. The van der Waals surface area contributed by atoms with E-state index in [9.17, 15) is 0 Å². The van der Waals surface area contributed by atoms with Gasteiger partial charge in [0.1, 0.15) is 0 Å². The number of nitrogens with two attached hydrogens (primary N) is 1. The topological polar surface area (TPSA) is 41.6 Å². The Morgan fingerprint density at radius 2 is 2.57 bits per heavy atom. The van der Waals surface area contributed by atoms with Crippen LogP contribution in [0, 0.1) is 0 Å². The molecule has 1 atom stereocenters. The molecule has 0 spiro atoms. The van der Waals surface area contributed by atoms with Gasteiger partial charge in [-0.3, -0.25) is 4.99 Å². The molecule has 0 radical (unpaired) electrons. The first-order valence-electron chi connectivity index (χ1n) is 4.53.